The predicted octanol–water partition coefficient (Wildman–Crippen LogP) is 2.27. The van der Waals surface area contributed by atoms with Gasteiger partial charge < -0.3 is 5.11 Å². The highest BCUT2D eigenvalue weighted by molar-refractivity contribution is 7.88. The Morgan fingerprint density at radius 3 is 2.80 bits per heavy atom. The maximum Gasteiger partial charge on any atom is 0.335 e. The van der Waals surface area contributed by atoms with Crippen LogP contribution in [0.5, 0.6) is 0 Å². The summed E-state index contributed by atoms with van der Waals surface area (Å²) in [5.41, 5.74) is 2.78. The van der Waals surface area contributed by atoms with Gasteiger partial charge in [0, 0.05) is 24.8 Å². The van der Waals surface area contributed by atoms with Crippen LogP contribution < -0.4 is 0 Å². The minimum absolute atomic E-state index is 0.226. The Balaban J connectivity index is 1.77. The Morgan fingerprint density at radius 2 is 2.12 bits per heavy atom. The van der Waals surface area contributed by atoms with Crippen molar-refractivity contribution in [2.75, 3.05) is 19.3 Å². The summed E-state index contributed by atoms with van der Waals surface area (Å²) in [5, 5.41) is 9.12. The molecule has 0 bridgehead atoms. The van der Waals surface area contributed by atoms with E-state index in [0.29, 0.717) is 13.1 Å². The quantitative estimate of drug-likeness (QED) is 0.884. The maximum absolute atomic E-state index is 11.6. The van der Waals surface area contributed by atoms with Crippen LogP contribution in [0.25, 0.3) is 11.3 Å². The summed E-state index contributed by atoms with van der Waals surface area (Å²) in [6.45, 7) is 1.12. The molecule has 1 fully saturated rings. The van der Waals surface area contributed by atoms with Crippen molar-refractivity contribution in [3.05, 3.63) is 53.7 Å². The number of hydrogen-bond donors (Lipinski definition) is 1. The van der Waals surface area contributed by atoms with E-state index in [4.69, 9.17) is 5.11 Å². The number of carbonyl (C=O) groups is 1. The molecule has 25 heavy (non-hydrogen) atoms. The minimum Gasteiger partial charge on any atom is -0.478 e. The zero-order valence-electron chi connectivity index (χ0n) is 13.9. The molecule has 0 saturated carbocycles. The Morgan fingerprint density at radius 1 is 1.32 bits per heavy atom. The van der Waals surface area contributed by atoms with Crippen molar-refractivity contribution < 1.29 is 18.3 Å². The third kappa shape index (κ3) is 4.24. The SMILES string of the molecule is CS(=O)(=O)N1CC[C@H](Cc2ccnc(-c3cccc(C(=O)O)c3)c2)C1. The first-order chi connectivity index (χ1) is 11.8. The highest BCUT2D eigenvalue weighted by Crippen LogP contribution is 2.25. The number of aromatic nitrogens is 1. The second-order valence-corrected chi connectivity index (χ2v) is 8.40. The Bertz CT molecular complexity index is 895. The summed E-state index contributed by atoms with van der Waals surface area (Å²) in [6, 6.07) is 10.6. The van der Waals surface area contributed by atoms with E-state index in [1.807, 2.05) is 18.2 Å². The molecular formula is C18H20N2O4S. The fourth-order valence-corrected chi connectivity index (χ4v) is 4.09. The number of carboxylic acid groups (broad SMARTS) is 1. The van der Waals surface area contributed by atoms with E-state index in [1.54, 1.807) is 24.4 Å². The molecule has 1 aromatic heterocycles. The van der Waals surface area contributed by atoms with Gasteiger partial charge in [-0.15, -0.1) is 0 Å². The number of sulfonamides is 1. The van der Waals surface area contributed by atoms with Gasteiger partial charge in [-0.05, 0) is 48.6 Å². The van der Waals surface area contributed by atoms with E-state index in [1.165, 1.54) is 10.6 Å². The molecule has 0 amide bonds. The predicted molar refractivity (Wildman–Crippen MR) is 94.9 cm³/mol. The summed E-state index contributed by atoms with van der Waals surface area (Å²) < 4.78 is 24.8. The number of carboxylic acids is 1. The van der Waals surface area contributed by atoms with Gasteiger partial charge in [-0.1, -0.05) is 12.1 Å². The lowest BCUT2D eigenvalue weighted by Crippen LogP contribution is -2.27. The number of nitrogens with zero attached hydrogens (tertiary/aromatic N) is 2. The Labute approximate surface area is 147 Å². The highest BCUT2D eigenvalue weighted by atomic mass is 32.2. The van der Waals surface area contributed by atoms with Crippen molar-refractivity contribution in [3.8, 4) is 11.3 Å². The van der Waals surface area contributed by atoms with Gasteiger partial charge in [0.05, 0.1) is 17.5 Å². The van der Waals surface area contributed by atoms with Crippen molar-refractivity contribution in [2.45, 2.75) is 12.8 Å². The lowest BCUT2D eigenvalue weighted by atomic mass is 9.98. The summed E-state index contributed by atoms with van der Waals surface area (Å²) in [6.07, 6.45) is 4.58. The lowest BCUT2D eigenvalue weighted by molar-refractivity contribution is 0.0697. The monoisotopic (exact) mass is 360 g/mol. The van der Waals surface area contributed by atoms with Crippen molar-refractivity contribution in [2.24, 2.45) is 5.92 Å². The van der Waals surface area contributed by atoms with Crippen LogP contribution in [-0.2, 0) is 16.4 Å². The van der Waals surface area contributed by atoms with Crippen LogP contribution in [0, 0.1) is 5.92 Å². The second-order valence-electron chi connectivity index (χ2n) is 6.42. The second kappa shape index (κ2) is 6.93. The molecule has 0 unspecified atom stereocenters. The highest BCUT2D eigenvalue weighted by Gasteiger charge is 2.28. The first-order valence-corrected chi connectivity index (χ1v) is 9.91. The van der Waals surface area contributed by atoms with Gasteiger partial charge >= 0.3 is 5.97 Å². The summed E-state index contributed by atoms with van der Waals surface area (Å²) in [5.74, 6) is -0.680. The molecule has 132 valence electrons. The van der Waals surface area contributed by atoms with Gasteiger partial charge in [-0.2, -0.15) is 0 Å². The summed E-state index contributed by atoms with van der Waals surface area (Å²) >= 11 is 0. The van der Waals surface area contributed by atoms with E-state index in [-0.39, 0.29) is 11.5 Å². The molecule has 1 N–H and O–H groups in total. The molecule has 1 atom stereocenters. The molecule has 3 rings (SSSR count). The van der Waals surface area contributed by atoms with Gasteiger partial charge in [-0.25, -0.2) is 17.5 Å². The van der Waals surface area contributed by atoms with E-state index in [0.717, 1.165) is 29.7 Å². The summed E-state index contributed by atoms with van der Waals surface area (Å²) in [7, 11) is -3.13. The fraction of sp³-hybridized carbons (Fsp3) is 0.333. The van der Waals surface area contributed by atoms with E-state index >= 15 is 0 Å². The normalized spacial score (nSPS) is 18.4. The van der Waals surface area contributed by atoms with E-state index in [2.05, 4.69) is 4.98 Å². The van der Waals surface area contributed by atoms with Crippen LogP contribution in [0.2, 0.25) is 0 Å². The third-order valence-electron chi connectivity index (χ3n) is 4.47. The molecule has 6 nitrogen and oxygen atoms in total. The summed E-state index contributed by atoms with van der Waals surface area (Å²) in [4.78, 5) is 15.5. The zero-order valence-corrected chi connectivity index (χ0v) is 14.7. The minimum atomic E-state index is -3.13. The molecule has 2 heterocycles. The number of pyridine rings is 1. The van der Waals surface area contributed by atoms with Crippen LogP contribution >= 0.6 is 0 Å². The van der Waals surface area contributed by atoms with Gasteiger partial charge in [0.25, 0.3) is 0 Å². The van der Waals surface area contributed by atoms with Gasteiger partial charge in [0.1, 0.15) is 0 Å². The Hall–Kier alpha value is -2.25. The third-order valence-corrected chi connectivity index (χ3v) is 5.74. The number of aromatic carboxylic acids is 1. The van der Waals surface area contributed by atoms with Crippen LogP contribution in [0.3, 0.4) is 0 Å². The fourth-order valence-electron chi connectivity index (χ4n) is 3.17. The number of rotatable bonds is 5. The van der Waals surface area contributed by atoms with Crippen molar-refractivity contribution >= 4 is 16.0 Å². The average Bonchev–Trinajstić information content (AvgIpc) is 3.04. The van der Waals surface area contributed by atoms with Crippen LogP contribution in [-0.4, -0.2) is 48.1 Å². The van der Waals surface area contributed by atoms with E-state index < -0.39 is 16.0 Å². The van der Waals surface area contributed by atoms with Gasteiger partial charge in [0.15, 0.2) is 0 Å². The molecule has 1 aliphatic heterocycles. The largest absolute Gasteiger partial charge is 0.478 e. The van der Waals surface area contributed by atoms with Gasteiger partial charge in [0.2, 0.25) is 10.0 Å². The lowest BCUT2D eigenvalue weighted by Gasteiger charge is -2.13. The molecule has 1 saturated heterocycles. The number of benzene rings is 1. The van der Waals surface area contributed by atoms with Gasteiger partial charge in [-0.3, -0.25) is 4.98 Å². The zero-order chi connectivity index (χ0) is 18.0. The molecule has 1 aliphatic rings. The Kier molecular flexibility index (Phi) is 4.87. The molecule has 7 heteroatoms. The molecule has 0 aliphatic carbocycles. The average molecular weight is 360 g/mol. The standard InChI is InChI=1S/C18H20N2O4S/c1-25(23,24)20-8-6-14(12-20)9-13-5-7-19-17(10-13)15-3-2-4-16(11-15)18(21)22/h2-5,7,10-11,14H,6,8-9,12H2,1H3,(H,21,22)/t14-/m1/s1. The van der Waals surface area contributed by atoms with Crippen molar-refractivity contribution in [1.29, 1.82) is 0 Å². The molecule has 1 aromatic carbocycles. The van der Waals surface area contributed by atoms with Crippen LogP contribution in [0.4, 0.5) is 0 Å². The molecule has 0 radical (unpaired) electrons. The van der Waals surface area contributed by atoms with Crippen LogP contribution in [0.15, 0.2) is 42.6 Å². The maximum atomic E-state index is 11.6. The molecule has 2 aromatic rings. The van der Waals surface area contributed by atoms with Crippen molar-refractivity contribution in [1.82, 2.24) is 9.29 Å². The first-order valence-electron chi connectivity index (χ1n) is 8.07. The van der Waals surface area contributed by atoms with Crippen LogP contribution in [0.1, 0.15) is 22.3 Å². The first kappa shape index (κ1) is 17.6. The molecule has 0 spiro atoms. The van der Waals surface area contributed by atoms with E-state index in [9.17, 15) is 13.2 Å². The topological polar surface area (TPSA) is 87.6 Å². The molecular weight excluding hydrogens is 340 g/mol. The van der Waals surface area contributed by atoms with Crippen molar-refractivity contribution in [3.63, 3.8) is 0 Å². The smallest absolute Gasteiger partial charge is 0.335 e. The number of hydrogen-bond acceptors (Lipinski definition) is 4.